The number of benzene rings is 1. The molecule has 1 aromatic heterocycles. The topological polar surface area (TPSA) is 79.3 Å². The van der Waals surface area contributed by atoms with Crippen LogP contribution in [0.3, 0.4) is 0 Å². The van der Waals surface area contributed by atoms with Crippen LogP contribution in [0.4, 0.5) is 5.13 Å². The van der Waals surface area contributed by atoms with Crippen molar-refractivity contribution in [3.63, 3.8) is 0 Å². The molecule has 2 rings (SSSR count). The van der Waals surface area contributed by atoms with Crippen molar-refractivity contribution in [2.75, 3.05) is 4.72 Å². The Morgan fingerprint density at radius 3 is 2.74 bits per heavy atom. The highest BCUT2D eigenvalue weighted by Gasteiger charge is 2.19. The van der Waals surface area contributed by atoms with E-state index < -0.39 is 10.0 Å². The smallest absolute Gasteiger partial charge is 0.264 e. The quantitative estimate of drug-likeness (QED) is 0.875. The maximum Gasteiger partial charge on any atom is 0.264 e. The van der Waals surface area contributed by atoms with E-state index in [-0.39, 0.29) is 11.5 Å². The highest BCUT2D eigenvalue weighted by atomic mass is 79.9. The van der Waals surface area contributed by atoms with E-state index in [0.29, 0.717) is 15.2 Å². The zero-order valence-corrected chi connectivity index (χ0v) is 13.1. The van der Waals surface area contributed by atoms with Gasteiger partial charge in [0.2, 0.25) is 0 Å². The molecule has 0 saturated heterocycles. The Morgan fingerprint density at radius 2 is 2.21 bits per heavy atom. The van der Waals surface area contributed by atoms with E-state index in [9.17, 15) is 8.42 Å². The molecular weight excluding hydrogens is 352 g/mol. The lowest BCUT2D eigenvalue weighted by atomic mass is 10.2. The second-order valence-electron chi connectivity index (χ2n) is 3.82. The van der Waals surface area contributed by atoms with Crippen LogP contribution in [0.15, 0.2) is 32.9 Å². The number of nitrogens with zero attached hydrogens (tertiary/aromatic N) is 1. The standard InChI is InChI=1S/C11H11BrN2O3S2/c1-7-6-18-11(13-7)14-19(16,17)10-3-2-8(5-15)4-9(10)12/h2-4,6,15H,5H2,1H3,(H,13,14). The molecule has 0 bridgehead atoms. The lowest BCUT2D eigenvalue weighted by Crippen LogP contribution is -2.13. The number of nitrogens with one attached hydrogen (secondary N) is 1. The predicted octanol–water partition coefficient (Wildman–Crippen LogP) is 2.51. The molecule has 0 radical (unpaired) electrons. The molecular formula is C11H11BrN2O3S2. The molecule has 0 saturated carbocycles. The van der Waals surface area contributed by atoms with E-state index in [1.165, 1.54) is 17.4 Å². The van der Waals surface area contributed by atoms with Gasteiger partial charge >= 0.3 is 0 Å². The van der Waals surface area contributed by atoms with Crippen molar-refractivity contribution in [2.45, 2.75) is 18.4 Å². The third-order valence-corrected chi connectivity index (χ3v) is 5.63. The number of hydrogen-bond acceptors (Lipinski definition) is 5. The minimum absolute atomic E-state index is 0.109. The number of sulfonamides is 1. The molecule has 2 aromatic rings. The molecule has 102 valence electrons. The summed E-state index contributed by atoms with van der Waals surface area (Å²) in [5, 5.41) is 11.1. The Labute approximate surface area is 123 Å². The zero-order valence-electron chi connectivity index (χ0n) is 9.92. The van der Waals surface area contributed by atoms with Crippen molar-refractivity contribution >= 4 is 42.4 Å². The molecule has 0 atom stereocenters. The number of anilines is 1. The summed E-state index contributed by atoms with van der Waals surface area (Å²) in [6.07, 6.45) is 0. The molecule has 2 N–H and O–H groups in total. The molecule has 1 aromatic carbocycles. The average molecular weight is 363 g/mol. The fraction of sp³-hybridized carbons (Fsp3) is 0.182. The number of aliphatic hydroxyl groups is 1. The number of thiazole rings is 1. The van der Waals surface area contributed by atoms with Crippen LogP contribution < -0.4 is 4.72 Å². The van der Waals surface area contributed by atoms with Gasteiger partial charge in [0, 0.05) is 9.85 Å². The Hall–Kier alpha value is -0.960. The van der Waals surface area contributed by atoms with Crippen LogP contribution in [0.2, 0.25) is 0 Å². The number of hydrogen-bond donors (Lipinski definition) is 2. The van der Waals surface area contributed by atoms with E-state index in [1.807, 2.05) is 0 Å². The summed E-state index contributed by atoms with van der Waals surface area (Å²) in [5.74, 6) is 0. The summed E-state index contributed by atoms with van der Waals surface area (Å²) < 4.78 is 27.2. The normalized spacial score (nSPS) is 11.5. The summed E-state index contributed by atoms with van der Waals surface area (Å²) in [6, 6.07) is 4.58. The van der Waals surface area contributed by atoms with Crippen molar-refractivity contribution in [1.29, 1.82) is 0 Å². The van der Waals surface area contributed by atoms with Crippen molar-refractivity contribution in [3.8, 4) is 0 Å². The summed E-state index contributed by atoms with van der Waals surface area (Å²) >= 11 is 4.42. The fourth-order valence-electron chi connectivity index (χ4n) is 1.43. The first-order chi connectivity index (χ1) is 8.92. The number of aryl methyl sites for hydroxylation is 1. The van der Waals surface area contributed by atoms with Gasteiger partial charge in [-0.2, -0.15) is 0 Å². The molecule has 0 fully saturated rings. The summed E-state index contributed by atoms with van der Waals surface area (Å²) in [6.45, 7) is 1.65. The molecule has 0 unspecified atom stereocenters. The molecule has 0 spiro atoms. The summed E-state index contributed by atoms with van der Waals surface area (Å²) in [4.78, 5) is 4.17. The lowest BCUT2D eigenvalue weighted by molar-refractivity contribution is 0.281. The number of halogens is 1. The highest BCUT2D eigenvalue weighted by molar-refractivity contribution is 9.10. The van der Waals surface area contributed by atoms with Gasteiger partial charge in [-0.3, -0.25) is 4.72 Å². The maximum absolute atomic E-state index is 12.2. The average Bonchev–Trinajstić information content (AvgIpc) is 2.73. The minimum Gasteiger partial charge on any atom is -0.392 e. The van der Waals surface area contributed by atoms with E-state index in [0.717, 1.165) is 5.69 Å². The molecule has 0 amide bonds. The van der Waals surface area contributed by atoms with Crippen LogP contribution in [0.5, 0.6) is 0 Å². The number of aromatic nitrogens is 1. The molecule has 0 aliphatic heterocycles. The lowest BCUT2D eigenvalue weighted by Gasteiger charge is -2.08. The molecule has 0 aliphatic rings. The molecule has 0 aliphatic carbocycles. The second-order valence-corrected chi connectivity index (χ2v) is 7.19. The van der Waals surface area contributed by atoms with Gasteiger partial charge in [-0.25, -0.2) is 13.4 Å². The first-order valence-corrected chi connectivity index (χ1v) is 8.42. The third kappa shape index (κ3) is 3.33. The first kappa shape index (κ1) is 14.4. The SMILES string of the molecule is Cc1csc(NS(=O)(=O)c2ccc(CO)cc2Br)n1. The zero-order chi connectivity index (χ0) is 14.0. The van der Waals surface area contributed by atoms with Gasteiger partial charge in [-0.15, -0.1) is 11.3 Å². The molecule has 5 nitrogen and oxygen atoms in total. The van der Waals surface area contributed by atoms with E-state index >= 15 is 0 Å². The van der Waals surface area contributed by atoms with Crippen LogP contribution >= 0.6 is 27.3 Å². The summed E-state index contributed by atoms with van der Waals surface area (Å²) in [7, 11) is -3.69. The van der Waals surface area contributed by atoms with Crippen LogP contribution in [-0.4, -0.2) is 18.5 Å². The van der Waals surface area contributed by atoms with Gasteiger partial charge in [-0.05, 0) is 40.5 Å². The fourth-order valence-corrected chi connectivity index (χ4v) is 4.50. The van der Waals surface area contributed by atoms with E-state index in [1.54, 1.807) is 24.4 Å². The van der Waals surface area contributed by atoms with Gasteiger partial charge in [-0.1, -0.05) is 6.07 Å². The van der Waals surface area contributed by atoms with Crippen molar-refractivity contribution < 1.29 is 13.5 Å². The monoisotopic (exact) mass is 362 g/mol. The van der Waals surface area contributed by atoms with Crippen LogP contribution in [-0.2, 0) is 16.6 Å². The first-order valence-electron chi connectivity index (χ1n) is 5.26. The van der Waals surface area contributed by atoms with Crippen molar-refractivity contribution in [1.82, 2.24) is 4.98 Å². The van der Waals surface area contributed by atoms with E-state index in [2.05, 4.69) is 25.6 Å². The molecule has 8 heteroatoms. The number of aliphatic hydroxyl groups excluding tert-OH is 1. The van der Waals surface area contributed by atoms with Crippen molar-refractivity contribution in [2.24, 2.45) is 0 Å². The van der Waals surface area contributed by atoms with Crippen molar-refractivity contribution in [3.05, 3.63) is 39.3 Å². The van der Waals surface area contributed by atoms with Crippen LogP contribution in [0, 0.1) is 6.92 Å². The Kier molecular flexibility index (Phi) is 4.24. The molecule has 1 heterocycles. The largest absolute Gasteiger partial charge is 0.392 e. The Bertz CT molecular complexity index is 698. The van der Waals surface area contributed by atoms with Gasteiger partial charge in [0.25, 0.3) is 10.0 Å². The molecule has 19 heavy (non-hydrogen) atoms. The maximum atomic E-state index is 12.2. The minimum atomic E-state index is -3.69. The van der Waals surface area contributed by atoms with Gasteiger partial charge < -0.3 is 5.11 Å². The second kappa shape index (κ2) is 5.58. The van der Waals surface area contributed by atoms with E-state index in [4.69, 9.17) is 5.11 Å². The Morgan fingerprint density at radius 1 is 1.47 bits per heavy atom. The van der Waals surface area contributed by atoms with Crippen LogP contribution in [0.1, 0.15) is 11.3 Å². The third-order valence-electron chi connectivity index (χ3n) is 2.31. The number of rotatable bonds is 4. The van der Waals surface area contributed by atoms with Gasteiger partial charge in [0.05, 0.1) is 12.3 Å². The summed E-state index contributed by atoms with van der Waals surface area (Å²) in [5.41, 5.74) is 1.40. The van der Waals surface area contributed by atoms with Gasteiger partial charge in [0.15, 0.2) is 5.13 Å². The Balaban J connectivity index is 2.34. The van der Waals surface area contributed by atoms with Gasteiger partial charge in [0.1, 0.15) is 4.90 Å². The highest BCUT2D eigenvalue weighted by Crippen LogP contribution is 2.26. The van der Waals surface area contributed by atoms with Crippen LogP contribution in [0.25, 0.3) is 0 Å². The predicted molar refractivity (Wildman–Crippen MR) is 77.7 cm³/mol.